The molecular weight excluding hydrogens is 380 g/mol. The van der Waals surface area contributed by atoms with Gasteiger partial charge in [-0.2, -0.15) is 0 Å². The lowest BCUT2D eigenvalue weighted by Gasteiger charge is -2.12. The molecular formula is C21H12O6S. The number of ether oxygens (including phenoxy) is 4. The summed E-state index contributed by atoms with van der Waals surface area (Å²) < 4.78 is 29.0. The minimum absolute atomic E-state index is 0.193. The van der Waals surface area contributed by atoms with Gasteiger partial charge in [-0.25, -0.2) is 4.79 Å². The van der Waals surface area contributed by atoms with Crippen molar-refractivity contribution in [2.75, 3.05) is 6.79 Å². The van der Waals surface area contributed by atoms with E-state index in [-0.39, 0.29) is 11.7 Å². The highest BCUT2D eigenvalue weighted by Crippen LogP contribution is 2.47. The Kier molecular flexibility index (Phi) is 3.21. The SMILES string of the molecule is O=c1oc2ccc(-c3ccc4c(c3)OC(c3cccc5c3OCO5)O4)cc2s1. The Morgan fingerprint density at radius 1 is 0.857 bits per heavy atom. The minimum atomic E-state index is -0.594. The Bertz CT molecular complexity index is 1290. The molecule has 3 aromatic carbocycles. The summed E-state index contributed by atoms with van der Waals surface area (Å²) in [4.78, 5) is 11.1. The summed E-state index contributed by atoms with van der Waals surface area (Å²) >= 11 is 1.09. The molecule has 0 aliphatic carbocycles. The van der Waals surface area contributed by atoms with Crippen LogP contribution in [0.3, 0.4) is 0 Å². The highest BCUT2D eigenvalue weighted by molar-refractivity contribution is 7.16. The Labute approximate surface area is 162 Å². The van der Waals surface area contributed by atoms with Gasteiger partial charge in [0.05, 0.1) is 10.3 Å². The Morgan fingerprint density at radius 2 is 1.71 bits per heavy atom. The summed E-state index contributed by atoms with van der Waals surface area (Å²) in [5, 5.41) is 0. The third-order valence-corrected chi connectivity index (χ3v) is 5.55. The summed E-state index contributed by atoms with van der Waals surface area (Å²) in [5.74, 6) is 2.66. The molecule has 1 atom stereocenters. The lowest BCUT2D eigenvalue weighted by molar-refractivity contribution is 0.0458. The van der Waals surface area contributed by atoms with E-state index < -0.39 is 6.29 Å². The van der Waals surface area contributed by atoms with Crippen molar-refractivity contribution < 1.29 is 23.4 Å². The molecule has 2 aliphatic heterocycles. The fourth-order valence-corrected chi connectivity index (χ4v) is 4.16. The minimum Gasteiger partial charge on any atom is -0.454 e. The molecule has 0 fully saturated rings. The zero-order valence-corrected chi connectivity index (χ0v) is 15.2. The van der Waals surface area contributed by atoms with Gasteiger partial charge in [-0.15, -0.1) is 0 Å². The first-order valence-electron chi connectivity index (χ1n) is 8.64. The predicted molar refractivity (Wildman–Crippen MR) is 102 cm³/mol. The summed E-state index contributed by atoms with van der Waals surface area (Å²) in [6.07, 6.45) is -0.594. The average molecular weight is 392 g/mol. The largest absolute Gasteiger partial charge is 0.454 e. The van der Waals surface area contributed by atoms with Crippen molar-refractivity contribution in [3.8, 4) is 34.1 Å². The first-order valence-corrected chi connectivity index (χ1v) is 9.46. The molecule has 138 valence electrons. The molecule has 28 heavy (non-hydrogen) atoms. The number of hydrogen-bond donors (Lipinski definition) is 0. The maximum absolute atomic E-state index is 11.4. The van der Waals surface area contributed by atoms with Crippen LogP contribution in [-0.2, 0) is 0 Å². The maximum atomic E-state index is 11.4. The van der Waals surface area contributed by atoms with E-state index in [4.69, 9.17) is 23.4 Å². The Hall–Kier alpha value is -3.45. The standard InChI is InChI=1S/C21H12O6S/c22-21-27-15-7-5-12(9-18(15)28-21)11-4-6-14-17(8-11)26-20(25-14)13-2-1-3-16-19(13)24-10-23-16/h1-9,20H,10H2. The van der Waals surface area contributed by atoms with Gasteiger partial charge in [0, 0.05) is 0 Å². The fraction of sp³-hybridized carbons (Fsp3) is 0.0952. The maximum Gasteiger partial charge on any atom is 0.396 e. The zero-order chi connectivity index (χ0) is 18.7. The van der Waals surface area contributed by atoms with Crippen LogP contribution in [0.5, 0.6) is 23.0 Å². The molecule has 6 nitrogen and oxygen atoms in total. The van der Waals surface area contributed by atoms with Crippen LogP contribution in [0.15, 0.2) is 63.8 Å². The van der Waals surface area contributed by atoms with Gasteiger partial charge in [0.1, 0.15) is 5.58 Å². The monoisotopic (exact) mass is 392 g/mol. The van der Waals surface area contributed by atoms with Gasteiger partial charge in [0.2, 0.25) is 6.79 Å². The molecule has 0 bridgehead atoms. The van der Waals surface area contributed by atoms with Crippen molar-refractivity contribution >= 4 is 21.6 Å². The van der Waals surface area contributed by atoms with E-state index in [9.17, 15) is 4.79 Å². The predicted octanol–water partition coefficient (Wildman–Crippen LogP) is 4.72. The normalized spacial score (nSPS) is 16.6. The Balaban J connectivity index is 1.35. The van der Waals surface area contributed by atoms with E-state index in [2.05, 4.69) is 0 Å². The number of rotatable bonds is 2. The molecule has 0 N–H and O–H groups in total. The van der Waals surface area contributed by atoms with Crippen LogP contribution >= 0.6 is 11.3 Å². The van der Waals surface area contributed by atoms with E-state index in [1.54, 1.807) is 6.07 Å². The van der Waals surface area contributed by atoms with Crippen molar-refractivity contribution in [2.45, 2.75) is 6.29 Å². The van der Waals surface area contributed by atoms with Gasteiger partial charge in [-0.05, 0) is 47.5 Å². The van der Waals surface area contributed by atoms with Crippen molar-refractivity contribution in [1.82, 2.24) is 0 Å². The molecule has 0 radical (unpaired) electrons. The van der Waals surface area contributed by atoms with Gasteiger partial charge in [-0.1, -0.05) is 29.5 Å². The van der Waals surface area contributed by atoms with Gasteiger partial charge in [0.15, 0.2) is 23.0 Å². The summed E-state index contributed by atoms with van der Waals surface area (Å²) in [7, 11) is 0. The highest BCUT2D eigenvalue weighted by Gasteiger charge is 2.31. The molecule has 0 saturated heterocycles. The third kappa shape index (κ3) is 2.36. The summed E-state index contributed by atoms with van der Waals surface area (Å²) in [6.45, 7) is 0.193. The topological polar surface area (TPSA) is 67.1 Å². The number of benzene rings is 3. The van der Waals surface area contributed by atoms with Crippen molar-refractivity contribution in [1.29, 1.82) is 0 Å². The smallest absolute Gasteiger partial charge is 0.396 e. The molecule has 1 unspecified atom stereocenters. The zero-order valence-electron chi connectivity index (χ0n) is 14.3. The highest BCUT2D eigenvalue weighted by atomic mass is 32.1. The Morgan fingerprint density at radius 3 is 2.68 bits per heavy atom. The molecule has 0 amide bonds. The molecule has 7 heteroatoms. The first kappa shape index (κ1) is 15.6. The second kappa shape index (κ2) is 5.77. The van der Waals surface area contributed by atoms with Crippen LogP contribution < -0.4 is 23.9 Å². The molecule has 1 aromatic heterocycles. The lowest BCUT2D eigenvalue weighted by Crippen LogP contribution is -2.09. The van der Waals surface area contributed by atoms with Gasteiger partial charge >= 0.3 is 4.94 Å². The molecule has 3 heterocycles. The molecule has 2 aliphatic rings. The number of fused-ring (bicyclic) bond motifs is 3. The second-order valence-corrected chi connectivity index (χ2v) is 7.40. The quantitative estimate of drug-likeness (QED) is 0.492. The van der Waals surface area contributed by atoms with E-state index in [0.717, 1.165) is 32.7 Å². The van der Waals surface area contributed by atoms with Crippen molar-refractivity contribution in [3.63, 3.8) is 0 Å². The number of hydrogen-bond acceptors (Lipinski definition) is 7. The van der Waals surface area contributed by atoms with Crippen LogP contribution in [-0.4, -0.2) is 6.79 Å². The summed E-state index contributed by atoms with van der Waals surface area (Å²) in [5.41, 5.74) is 3.32. The lowest BCUT2D eigenvalue weighted by atomic mass is 10.1. The van der Waals surface area contributed by atoms with E-state index >= 15 is 0 Å². The van der Waals surface area contributed by atoms with Gasteiger partial charge < -0.3 is 23.4 Å². The van der Waals surface area contributed by atoms with Crippen LogP contribution in [0.4, 0.5) is 0 Å². The first-order chi connectivity index (χ1) is 13.7. The van der Waals surface area contributed by atoms with E-state index in [1.165, 1.54) is 0 Å². The van der Waals surface area contributed by atoms with Crippen molar-refractivity contribution in [2.24, 2.45) is 0 Å². The number of para-hydroxylation sites is 1. The summed E-state index contributed by atoms with van der Waals surface area (Å²) in [6, 6.07) is 17.1. The van der Waals surface area contributed by atoms with Gasteiger partial charge in [0.25, 0.3) is 6.29 Å². The molecule has 0 saturated carbocycles. The van der Waals surface area contributed by atoms with Crippen LogP contribution in [0.2, 0.25) is 0 Å². The molecule has 6 rings (SSSR count). The van der Waals surface area contributed by atoms with E-state index in [1.807, 2.05) is 48.5 Å². The average Bonchev–Trinajstić information content (AvgIpc) is 3.42. The van der Waals surface area contributed by atoms with Crippen LogP contribution in [0.1, 0.15) is 11.9 Å². The van der Waals surface area contributed by atoms with Crippen LogP contribution in [0, 0.1) is 0 Å². The van der Waals surface area contributed by atoms with Crippen molar-refractivity contribution in [3.05, 3.63) is 69.9 Å². The third-order valence-electron chi connectivity index (χ3n) is 4.76. The van der Waals surface area contributed by atoms with E-state index in [0.29, 0.717) is 28.6 Å². The fourth-order valence-electron chi connectivity index (χ4n) is 3.45. The molecule has 0 spiro atoms. The second-order valence-electron chi connectivity index (χ2n) is 6.43. The van der Waals surface area contributed by atoms with Crippen LogP contribution in [0.25, 0.3) is 21.4 Å². The van der Waals surface area contributed by atoms with Gasteiger partial charge in [-0.3, -0.25) is 0 Å². The molecule has 4 aromatic rings.